The Morgan fingerprint density at radius 2 is 1.67 bits per heavy atom. The van der Waals surface area contributed by atoms with E-state index in [2.05, 4.69) is 91.8 Å². The zero-order valence-electron chi connectivity index (χ0n) is 29.0. The Morgan fingerprint density at radius 1 is 1.05 bits per heavy atom. The van der Waals surface area contributed by atoms with Crippen molar-refractivity contribution < 1.29 is 23.9 Å². The summed E-state index contributed by atoms with van der Waals surface area (Å²) in [7, 11) is 5.43. The monoisotopic (exact) mass is 616 g/mol. The summed E-state index contributed by atoms with van der Waals surface area (Å²) in [6, 6.07) is 8.92. The number of carbonyl (C=O) groups excluding carboxylic acids is 2. The maximum Gasteiger partial charge on any atom is 0.305 e. The van der Waals surface area contributed by atoms with Crippen LogP contribution in [0.4, 0.5) is 5.69 Å². The Kier molecular flexibility index (Phi) is 13.9. The van der Waals surface area contributed by atoms with E-state index in [-0.39, 0.29) is 34.7 Å². The second kappa shape index (κ2) is 16.0. The first-order valence-corrected chi connectivity index (χ1v) is 18.9. The van der Waals surface area contributed by atoms with Crippen LogP contribution in [0.3, 0.4) is 0 Å². The van der Waals surface area contributed by atoms with Crippen molar-refractivity contribution in [3.05, 3.63) is 36.4 Å². The summed E-state index contributed by atoms with van der Waals surface area (Å²) in [5.74, 6) is 0.0345. The van der Waals surface area contributed by atoms with E-state index in [9.17, 15) is 14.7 Å². The van der Waals surface area contributed by atoms with Gasteiger partial charge in [0.15, 0.2) is 0 Å². The molecule has 1 saturated carbocycles. The quantitative estimate of drug-likeness (QED) is 0.0647. The molecule has 1 aliphatic rings. The van der Waals surface area contributed by atoms with Crippen LogP contribution in [0.1, 0.15) is 105 Å². The van der Waals surface area contributed by atoms with E-state index >= 15 is 0 Å². The first-order chi connectivity index (χ1) is 19.9. The number of nitrogens with zero attached hydrogens (tertiary/aromatic N) is 1. The number of hydrogen-bond donors (Lipinski definition) is 1. The number of rotatable bonds is 17. The summed E-state index contributed by atoms with van der Waals surface area (Å²) in [6.45, 7) is 13.2. The lowest BCUT2D eigenvalue weighted by Gasteiger charge is -2.43. The van der Waals surface area contributed by atoms with Gasteiger partial charge in [0, 0.05) is 24.7 Å². The number of hydrogen-bond acceptors (Lipinski definition) is 5. The summed E-state index contributed by atoms with van der Waals surface area (Å²) in [5.41, 5.74) is 0.496. The molecule has 0 heterocycles. The lowest BCUT2D eigenvalue weighted by molar-refractivity contribution is -0.140. The molecule has 43 heavy (non-hydrogen) atoms. The number of carbonyl (C=O) groups is 2. The molecule has 1 aromatic rings. The molecule has 6 nitrogen and oxygen atoms in total. The number of quaternary nitrogens is 1. The van der Waals surface area contributed by atoms with Gasteiger partial charge in [0.2, 0.25) is 8.32 Å². The molecule has 1 aliphatic carbocycles. The van der Waals surface area contributed by atoms with Crippen molar-refractivity contribution in [1.29, 1.82) is 0 Å². The Bertz CT molecular complexity index is 1050. The number of ether oxygens (including phenoxy) is 1. The van der Waals surface area contributed by atoms with E-state index in [1.807, 2.05) is 6.92 Å². The standard InChI is InChI=1S/C36H62NO5Si/c1-11-12-25-36(5,40)26-17-19-31-30(18-15-13-14-16-20-34(39)41-9)32(38)27-33(31)42-43(10,35(2,3)4)29-23-21-28(22-24-29)37(6,7)8/h17,19,21-24,30-31,33,40H,11-16,18,20,25-27H2,1-10H3/q+1/b19-17+/t30-,31-,33-,36?,43?/m1/s1. The SMILES string of the molecule is CCCCC(C)(O)C/C=C/[C@H]1[C@H](O[Si](C)(c2ccc([N+](C)(C)C)cc2)C(C)(C)C)CC(=O)[C@@H]1CCCCCCC(=O)OC. The maximum absolute atomic E-state index is 13.6. The molecule has 2 rings (SSSR count). The van der Waals surface area contributed by atoms with Crippen LogP contribution in [-0.2, 0) is 18.8 Å². The number of methoxy groups -OCH3 is 1. The molecule has 1 aromatic carbocycles. The summed E-state index contributed by atoms with van der Waals surface area (Å²) in [6.07, 6.45) is 12.9. The third-order valence-electron chi connectivity index (χ3n) is 9.58. The topological polar surface area (TPSA) is 72.8 Å². The van der Waals surface area contributed by atoms with E-state index in [1.165, 1.54) is 18.0 Å². The Hall–Kier alpha value is -1.80. The summed E-state index contributed by atoms with van der Waals surface area (Å²) in [5, 5.41) is 12.1. The van der Waals surface area contributed by atoms with Crippen molar-refractivity contribution in [2.24, 2.45) is 11.8 Å². The van der Waals surface area contributed by atoms with Gasteiger partial charge in [0.05, 0.1) is 40.0 Å². The van der Waals surface area contributed by atoms with Crippen LogP contribution in [0, 0.1) is 11.8 Å². The van der Waals surface area contributed by atoms with E-state index < -0.39 is 13.9 Å². The Morgan fingerprint density at radius 3 is 2.23 bits per heavy atom. The molecule has 0 amide bonds. The largest absolute Gasteiger partial charge is 0.469 e. The lowest BCUT2D eigenvalue weighted by Crippen LogP contribution is -2.57. The third-order valence-corrected chi connectivity index (χ3v) is 14.7. The molecule has 2 unspecified atom stereocenters. The van der Waals surface area contributed by atoms with Crippen LogP contribution in [0.25, 0.3) is 0 Å². The molecule has 0 aromatic heterocycles. The summed E-state index contributed by atoms with van der Waals surface area (Å²) in [4.78, 5) is 25.0. The fourth-order valence-electron chi connectivity index (χ4n) is 6.13. The van der Waals surface area contributed by atoms with Crippen molar-refractivity contribution in [3.8, 4) is 0 Å². The molecule has 0 radical (unpaired) electrons. The summed E-state index contributed by atoms with van der Waals surface area (Å²) < 4.78 is 12.8. The maximum atomic E-state index is 13.6. The minimum absolute atomic E-state index is 0.00997. The first-order valence-electron chi connectivity index (χ1n) is 16.5. The van der Waals surface area contributed by atoms with E-state index in [4.69, 9.17) is 9.16 Å². The Labute approximate surface area is 264 Å². The van der Waals surface area contributed by atoms with Crippen LogP contribution < -0.4 is 9.67 Å². The molecule has 244 valence electrons. The second-order valence-corrected chi connectivity index (χ2v) is 19.5. The van der Waals surface area contributed by atoms with Gasteiger partial charge in [0.1, 0.15) is 11.5 Å². The van der Waals surface area contributed by atoms with Gasteiger partial charge >= 0.3 is 5.97 Å². The first kappa shape index (κ1) is 37.4. The molecule has 0 bridgehead atoms. The molecule has 0 saturated heterocycles. The summed E-state index contributed by atoms with van der Waals surface area (Å²) >= 11 is 0. The average Bonchev–Trinajstić information content (AvgIpc) is 3.21. The van der Waals surface area contributed by atoms with Gasteiger partial charge in [-0.25, -0.2) is 0 Å². The lowest BCUT2D eigenvalue weighted by atomic mass is 9.87. The predicted octanol–water partition coefficient (Wildman–Crippen LogP) is 7.46. The van der Waals surface area contributed by atoms with Gasteiger partial charge in [-0.05, 0) is 61.5 Å². The zero-order chi connectivity index (χ0) is 32.5. The molecular formula is C36H62NO5Si+. The van der Waals surface area contributed by atoms with Gasteiger partial charge in [-0.2, -0.15) is 0 Å². The normalized spacial score (nSPS) is 22.5. The third kappa shape index (κ3) is 10.9. The molecule has 1 N–H and O–H groups in total. The van der Waals surface area contributed by atoms with Gasteiger partial charge in [-0.3, -0.25) is 14.1 Å². The van der Waals surface area contributed by atoms with Crippen LogP contribution in [0.15, 0.2) is 36.4 Å². The van der Waals surface area contributed by atoms with Crippen LogP contribution in [-0.4, -0.2) is 65.1 Å². The predicted molar refractivity (Wildman–Crippen MR) is 182 cm³/mol. The number of esters is 1. The molecular weight excluding hydrogens is 554 g/mol. The van der Waals surface area contributed by atoms with Gasteiger partial charge < -0.3 is 14.3 Å². The van der Waals surface area contributed by atoms with Crippen LogP contribution in [0.2, 0.25) is 11.6 Å². The highest BCUT2D eigenvalue weighted by Crippen LogP contribution is 2.43. The van der Waals surface area contributed by atoms with Gasteiger partial charge in [0.25, 0.3) is 0 Å². The van der Waals surface area contributed by atoms with Crippen molar-refractivity contribution >= 4 is 30.9 Å². The van der Waals surface area contributed by atoms with Gasteiger partial charge in [-0.15, -0.1) is 0 Å². The number of benzene rings is 1. The highest BCUT2D eigenvalue weighted by molar-refractivity contribution is 6.88. The zero-order valence-corrected chi connectivity index (χ0v) is 30.0. The number of unbranched alkanes of at least 4 members (excludes halogenated alkanes) is 4. The van der Waals surface area contributed by atoms with E-state index in [0.717, 1.165) is 55.8 Å². The molecule has 1 fully saturated rings. The van der Waals surface area contributed by atoms with Crippen molar-refractivity contribution in [2.75, 3.05) is 28.3 Å². The fraction of sp³-hybridized carbons (Fsp3) is 0.722. The fourth-order valence-corrected chi connectivity index (χ4v) is 9.13. The van der Waals surface area contributed by atoms with Crippen molar-refractivity contribution in [3.63, 3.8) is 0 Å². The van der Waals surface area contributed by atoms with Crippen LogP contribution >= 0.6 is 0 Å². The second-order valence-electron chi connectivity index (χ2n) is 15.1. The highest BCUT2D eigenvalue weighted by atomic mass is 28.4. The van der Waals surface area contributed by atoms with Crippen molar-refractivity contribution in [2.45, 2.75) is 129 Å². The number of ketones is 1. The van der Waals surface area contributed by atoms with E-state index in [1.54, 1.807) is 0 Å². The van der Waals surface area contributed by atoms with E-state index in [0.29, 0.717) is 19.3 Å². The molecule has 0 spiro atoms. The number of Topliss-reactive ketones (excluding diaryl/α,β-unsaturated/α-hetero) is 1. The van der Waals surface area contributed by atoms with Crippen LogP contribution in [0.5, 0.6) is 0 Å². The van der Waals surface area contributed by atoms with Gasteiger partial charge in [-0.1, -0.05) is 84.1 Å². The minimum Gasteiger partial charge on any atom is -0.469 e. The average molecular weight is 617 g/mol. The molecule has 7 heteroatoms. The highest BCUT2D eigenvalue weighted by Gasteiger charge is 2.50. The minimum atomic E-state index is -2.52. The number of aliphatic hydroxyl groups is 1. The smallest absolute Gasteiger partial charge is 0.305 e. The Balaban J connectivity index is 2.30. The van der Waals surface area contributed by atoms with Crippen molar-refractivity contribution in [1.82, 2.24) is 4.48 Å². The molecule has 5 atom stereocenters. The molecule has 0 aliphatic heterocycles.